The highest BCUT2D eigenvalue weighted by Gasteiger charge is 2.33. The molecule has 0 amide bonds. The molecule has 1 saturated carbocycles. The van der Waals surface area contributed by atoms with Crippen LogP contribution in [0.1, 0.15) is 18.4 Å². The van der Waals surface area contributed by atoms with Crippen LogP contribution >= 0.6 is 11.6 Å². The topological polar surface area (TPSA) is 81.4 Å². The van der Waals surface area contributed by atoms with Gasteiger partial charge in [-0.25, -0.2) is 8.42 Å². The van der Waals surface area contributed by atoms with Crippen LogP contribution in [-0.4, -0.2) is 37.5 Å². The molecular weight excluding hydrogens is 300 g/mol. The van der Waals surface area contributed by atoms with Gasteiger partial charge in [-0.1, -0.05) is 11.6 Å². The van der Waals surface area contributed by atoms with E-state index in [9.17, 15) is 13.5 Å². The van der Waals surface area contributed by atoms with Gasteiger partial charge in [0.2, 0.25) is 10.0 Å². The first kappa shape index (κ1) is 15.3. The zero-order valence-electron chi connectivity index (χ0n) is 11.0. The van der Waals surface area contributed by atoms with Crippen LogP contribution in [0.25, 0.3) is 0 Å². The molecular formula is C13H15ClN2O3S. The number of aliphatic hydroxyl groups is 1. The minimum atomic E-state index is -3.73. The fraction of sp³-hybridized carbons (Fsp3) is 0.462. The molecule has 1 aliphatic rings. The van der Waals surface area contributed by atoms with Gasteiger partial charge in [-0.2, -0.15) is 9.57 Å². The first-order chi connectivity index (χ1) is 9.36. The Morgan fingerprint density at radius 1 is 1.55 bits per heavy atom. The summed E-state index contributed by atoms with van der Waals surface area (Å²) in [7, 11) is -2.31. The standard InChI is InChI=1S/C13H15ClN2O3S/c1-16(8-13(17)9-2-3-9)20(18,19)11-4-5-12(14)10(6-11)7-15/h4-6,9,13,17H,2-3,8H2,1H3. The van der Waals surface area contributed by atoms with Crippen molar-refractivity contribution < 1.29 is 13.5 Å². The molecule has 1 aliphatic carbocycles. The van der Waals surface area contributed by atoms with Crippen molar-refractivity contribution in [1.82, 2.24) is 4.31 Å². The molecule has 1 aromatic rings. The second-order valence-electron chi connectivity index (χ2n) is 4.94. The summed E-state index contributed by atoms with van der Waals surface area (Å²) in [6.45, 7) is 0.0531. The minimum absolute atomic E-state index is 0.00365. The Balaban J connectivity index is 2.22. The Bertz CT molecular complexity index is 650. The molecule has 5 nitrogen and oxygen atoms in total. The lowest BCUT2D eigenvalue weighted by molar-refractivity contribution is 0.131. The van der Waals surface area contributed by atoms with Crippen molar-refractivity contribution in [3.05, 3.63) is 28.8 Å². The number of hydrogen-bond donors (Lipinski definition) is 1. The van der Waals surface area contributed by atoms with Gasteiger partial charge in [0.05, 0.1) is 21.6 Å². The summed E-state index contributed by atoms with van der Waals surface area (Å²) in [4.78, 5) is 0.00365. The van der Waals surface area contributed by atoms with Crippen molar-refractivity contribution in [3.63, 3.8) is 0 Å². The molecule has 1 N–H and O–H groups in total. The molecule has 1 atom stereocenters. The summed E-state index contributed by atoms with van der Waals surface area (Å²) >= 11 is 5.79. The highest BCUT2D eigenvalue weighted by molar-refractivity contribution is 7.89. The first-order valence-electron chi connectivity index (χ1n) is 6.20. The Morgan fingerprint density at radius 2 is 2.20 bits per heavy atom. The maximum atomic E-state index is 12.4. The van der Waals surface area contributed by atoms with Gasteiger partial charge in [0, 0.05) is 13.6 Å². The molecule has 0 aliphatic heterocycles. The maximum absolute atomic E-state index is 12.4. The van der Waals surface area contributed by atoms with Gasteiger partial charge in [-0.15, -0.1) is 0 Å². The van der Waals surface area contributed by atoms with E-state index in [1.807, 2.05) is 6.07 Å². The van der Waals surface area contributed by atoms with E-state index in [0.717, 1.165) is 17.1 Å². The Labute approximate surface area is 123 Å². The molecule has 0 radical (unpaired) electrons. The number of nitrogens with zero attached hydrogens (tertiary/aromatic N) is 2. The highest BCUT2D eigenvalue weighted by atomic mass is 35.5. The van der Waals surface area contributed by atoms with E-state index in [-0.39, 0.29) is 27.9 Å². The minimum Gasteiger partial charge on any atom is -0.391 e. The number of sulfonamides is 1. The predicted octanol–water partition coefficient (Wildman–Crippen LogP) is 1.60. The van der Waals surface area contributed by atoms with E-state index < -0.39 is 16.1 Å². The van der Waals surface area contributed by atoms with E-state index in [1.165, 1.54) is 25.2 Å². The average molecular weight is 315 g/mol. The average Bonchev–Trinajstić information content (AvgIpc) is 3.23. The van der Waals surface area contributed by atoms with Crippen molar-refractivity contribution in [1.29, 1.82) is 5.26 Å². The summed E-state index contributed by atoms with van der Waals surface area (Å²) in [5, 5.41) is 18.9. The molecule has 0 bridgehead atoms. The number of likely N-dealkylation sites (N-methyl/N-ethyl adjacent to an activating group) is 1. The van der Waals surface area contributed by atoms with E-state index in [2.05, 4.69) is 0 Å². The van der Waals surface area contributed by atoms with Gasteiger partial charge in [-0.05, 0) is 37.0 Å². The van der Waals surface area contributed by atoms with Gasteiger partial charge in [0.1, 0.15) is 6.07 Å². The predicted molar refractivity (Wildman–Crippen MR) is 74.7 cm³/mol. The largest absolute Gasteiger partial charge is 0.391 e. The number of aliphatic hydroxyl groups excluding tert-OH is 1. The van der Waals surface area contributed by atoms with Gasteiger partial charge in [-0.3, -0.25) is 0 Å². The molecule has 1 aromatic carbocycles. The lowest BCUT2D eigenvalue weighted by atomic mass is 10.2. The SMILES string of the molecule is CN(CC(O)C1CC1)S(=O)(=O)c1ccc(Cl)c(C#N)c1. The molecule has 108 valence electrons. The summed E-state index contributed by atoms with van der Waals surface area (Å²) in [5.74, 6) is 0.201. The van der Waals surface area contributed by atoms with Crippen LogP contribution in [0.3, 0.4) is 0 Å². The Kier molecular flexibility index (Phi) is 4.35. The number of hydrogen-bond acceptors (Lipinski definition) is 4. The monoisotopic (exact) mass is 314 g/mol. The van der Waals surface area contributed by atoms with Crippen LogP contribution in [0.5, 0.6) is 0 Å². The normalized spacial score (nSPS) is 16.9. The molecule has 1 fully saturated rings. The second kappa shape index (κ2) is 5.70. The zero-order chi connectivity index (χ0) is 14.9. The van der Waals surface area contributed by atoms with Crippen molar-refractivity contribution in [2.45, 2.75) is 23.8 Å². The Hall–Kier alpha value is -1.13. The van der Waals surface area contributed by atoms with Crippen LogP contribution < -0.4 is 0 Å². The van der Waals surface area contributed by atoms with E-state index >= 15 is 0 Å². The fourth-order valence-electron chi connectivity index (χ4n) is 1.92. The van der Waals surface area contributed by atoms with Crippen LogP contribution in [0, 0.1) is 17.2 Å². The van der Waals surface area contributed by atoms with Crippen molar-refractivity contribution in [2.24, 2.45) is 5.92 Å². The van der Waals surface area contributed by atoms with Crippen LogP contribution in [0.2, 0.25) is 5.02 Å². The van der Waals surface area contributed by atoms with Crippen LogP contribution in [-0.2, 0) is 10.0 Å². The molecule has 0 spiro atoms. The fourth-order valence-corrected chi connectivity index (χ4v) is 3.30. The summed E-state index contributed by atoms with van der Waals surface area (Å²) in [6, 6.07) is 5.85. The van der Waals surface area contributed by atoms with Crippen LogP contribution in [0.4, 0.5) is 0 Å². The second-order valence-corrected chi connectivity index (χ2v) is 7.40. The zero-order valence-corrected chi connectivity index (χ0v) is 12.5. The summed E-state index contributed by atoms with van der Waals surface area (Å²) in [5.41, 5.74) is 0.115. The maximum Gasteiger partial charge on any atom is 0.242 e. The molecule has 20 heavy (non-hydrogen) atoms. The van der Waals surface area contributed by atoms with Gasteiger partial charge in [0.15, 0.2) is 0 Å². The third kappa shape index (κ3) is 3.13. The van der Waals surface area contributed by atoms with Gasteiger partial charge in [0.25, 0.3) is 0 Å². The van der Waals surface area contributed by atoms with E-state index in [4.69, 9.17) is 16.9 Å². The van der Waals surface area contributed by atoms with Crippen LogP contribution in [0.15, 0.2) is 23.1 Å². The molecule has 0 saturated heterocycles. The number of rotatable bonds is 5. The third-order valence-electron chi connectivity index (χ3n) is 3.38. The first-order valence-corrected chi connectivity index (χ1v) is 8.02. The highest BCUT2D eigenvalue weighted by Crippen LogP contribution is 2.33. The van der Waals surface area contributed by atoms with Crippen molar-refractivity contribution in [3.8, 4) is 6.07 Å². The summed E-state index contributed by atoms with van der Waals surface area (Å²) in [6.07, 6.45) is 1.24. The number of halogens is 1. The molecule has 0 heterocycles. The molecule has 7 heteroatoms. The van der Waals surface area contributed by atoms with E-state index in [0.29, 0.717) is 0 Å². The van der Waals surface area contributed by atoms with Crippen molar-refractivity contribution in [2.75, 3.05) is 13.6 Å². The molecule has 2 rings (SSSR count). The number of nitriles is 1. The van der Waals surface area contributed by atoms with Gasteiger partial charge >= 0.3 is 0 Å². The smallest absolute Gasteiger partial charge is 0.242 e. The quantitative estimate of drug-likeness (QED) is 0.895. The number of benzene rings is 1. The Morgan fingerprint density at radius 3 is 2.75 bits per heavy atom. The molecule has 1 unspecified atom stereocenters. The lowest BCUT2D eigenvalue weighted by Crippen LogP contribution is -2.35. The lowest BCUT2D eigenvalue weighted by Gasteiger charge is -2.20. The third-order valence-corrected chi connectivity index (χ3v) is 5.53. The van der Waals surface area contributed by atoms with Crippen molar-refractivity contribution >= 4 is 21.6 Å². The van der Waals surface area contributed by atoms with E-state index in [1.54, 1.807) is 0 Å². The molecule has 0 aromatic heterocycles. The van der Waals surface area contributed by atoms with Gasteiger partial charge < -0.3 is 5.11 Å². The summed E-state index contributed by atoms with van der Waals surface area (Å²) < 4.78 is 25.8.